The summed E-state index contributed by atoms with van der Waals surface area (Å²) in [7, 11) is 0. The van der Waals surface area contributed by atoms with Crippen molar-refractivity contribution >= 4 is 28.2 Å². The molecule has 134 valence electrons. The smallest absolute Gasteiger partial charge is 0.168 e. The van der Waals surface area contributed by atoms with E-state index in [1.807, 2.05) is 41.2 Å². The molecule has 0 saturated carbocycles. The number of para-hydroxylation sites is 1. The largest absolute Gasteiger partial charge is 0.371 e. The van der Waals surface area contributed by atoms with E-state index in [9.17, 15) is 0 Å². The number of hydrogen-bond donors (Lipinski definition) is 1. The van der Waals surface area contributed by atoms with Crippen LogP contribution in [-0.2, 0) is 0 Å². The van der Waals surface area contributed by atoms with Crippen molar-refractivity contribution in [1.29, 1.82) is 0 Å². The average Bonchev–Trinajstić information content (AvgIpc) is 3.40. The lowest BCUT2D eigenvalue weighted by Crippen LogP contribution is -2.17. The average molecular weight is 356 g/mol. The number of nitrogens with one attached hydrogen (secondary N) is 1. The van der Waals surface area contributed by atoms with Crippen molar-refractivity contribution in [3.05, 3.63) is 67.1 Å². The highest BCUT2D eigenvalue weighted by atomic mass is 15.3. The second-order valence-electron chi connectivity index (χ2n) is 6.72. The molecule has 1 aliphatic heterocycles. The first-order valence-electron chi connectivity index (χ1n) is 9.25. The second-order valence-corrected chi connectivity index (χ2v) is 6.72. The van der Waals surface area contributed by atoms with Gasteiger partial charge in [-0.15, -0.1) is 0 Å². The van der Waals surface area contributed by atoms with E-state index in [-0.39, 0.29) is 0 Å². The van der Waals surface area contributed by atoms with Gasteiger partial charge in [-0.05, 0) is 43.2 Å². The fraction of sp³-hybridized carbons (Fsp3) is 0.190. The van der Waals surface area contributed by atoms with Crippen LogP contribution < -0.4 is 10.2 Å². The van der Waals surface area contributed by atoms with Crippen molar-refractivity contribution in [1.82, 2.24) is 19.7 Å². The predicted molar refractivity (Wildman–Crippen MR) is 108 cm³/mol. The third-order valence-corrected chi connectivity index (χ3v) is 4.95. The van der Waals surface area contributed by atoms with Gasteiger partial charge >= 0.3 is 0 Å². The first-order chi connectivity index (χ1) is 13.4. The maximum Gasteiger partial charge on any atom is 0.168 e. The van der Waals surface area contributed by atoms with E-state index in [0.29, 0.717) is 0 Å². The molecule has 0 unspecified atom stereocenters. The van der Waals surface area contributed by atoms with Crippen molar-refractivity contribution in [2.24, 2.45) is 0 Å². The van der Waals surface area contributed by atoms with E-state index in [1.165, 1.54) is 18.5 Å². The van der Waals surface area contributed by atoms with Crippen LogP contribution >= 0.6 is 0 Å². The standard InChI is InChI=1S/C21H20N6/c1-2-8-17(9-3-1)27-21-19(14-24-27)20(22-15-23-21)25-16-7-6-10-18(13-16)26-11-4-5-12-26/h1-3,6-10,13-15H,4-5,11-12H2,(H,22,23,25). The highest BCUT2D eigenvalue weighted by Gasteiger charge is 2.14. The summed E-state index contributed by atoms with van der Waals surface area (Å²) in [4.78, 5) is 11.3. The maximum absolute atomic E-state index is 4.51. The maximum atomic E-state index is 4.51. The van der Waals surface area contributed by atoms with Gasteiger partial charge in [0.15, 0.2) is 5.65 Å². The molecule has 2 aromatic heterocycles. The van der Waals surface area contributed by atoms with Crippen LogP contribution in [0.4, 0.5) is 17.2 Å². The molecular formula is C21H20N6. The summed E-state index contributed by atoms with van der Waals surface area (Å²) in [6.07, 6.45) is 5.93. The molecule has 5 rings (SSSR count). The molecule has 4 aromatic rings. The van der Waals surface area contributed by atoms with Gasteiger partial charge < -0.3 is 10.2 Å². The Kier molecular flexibility index (Phi) is 3.93. The number of nitrogens with zero attached hydrogens (tertiary/aromatic N) is 5. The molecule has 2 aromatic carbocycles. The molecule has 0 atom stereocenters. The van der Waals surface area contributed by atoms with Gasteiger partial charge in [-0.3, -0.25) is 0 Å². The zero-order valence-electron chi connectivity index (χ0n) is 14.9. The molecule has 0 spiro atoms. The first-order valence-corrected chi connectivity index (χ1v) is 9.25. The third kappa shape index (κ3) is 2.99. The van der Waals surface area contributed by atoms with E-state index in [1.54, 1.807) is 6.33 Å². The van der Waals surface area contributed by atoms with Gasteiger partial charge in [0.25, 0.3) is 0 Å². The van der Waals surface area contributed by atoms with Crippen molar-refractivity contribution in [2.45, 2.75) is 12.8 Å². The van der Waals surface area contributed by atoms with Gasteiger partial charge in [-0.2, -0.15) is 5.10 Å². The van der Waals surface area contributed by atoms with Gasteiger partial charge in [-0.1, -0.05) is 24.3 Å². The predicted octanol–water partition coefficient (Wildman–Crippen LogP) is 4.16. The molecule has 0 amide bonds. The highest BCUT2D eigenvalue weighted by Crippen LogP contribution is 2.28. The molecule has 3 heterocycles. The van der Waals surface area contributed by atoms with Crippen molar-refractivity contribution < 1.29 is 0 Å². The van der Waals surface area contributed by atoms with Gasteiger partial charge in [0, 0.05) is 24.5 Å². The quantitative estimate of drug-likeness (QED) is 0.595. The van der Waals surface area contributed by atoms with E-state index in [0.717, 1.165) is 41.3 Å². The van der Waals surface area contributed by atoms with Gasteiger partial charge in [0.05, 0.1) is 17.3 Å². The Balaban J connectivity index is 1.49. The van der Waals surface area contributed by atoms with E-state index >= 15 is 0 Å². The zero-order chi connectivity index (χ0) is 18.1. The van der Waals surface area contributed by atoms with E-state index in [2.05, 4.69) is 49.5 Å². The minimum atomic E-state index is 0.765. The van der Waals surface area contributed by atoms with Gasteiger partial charge in [-0.25, -0.2) is 14.6 Å². The molecule has 6 nitrogen and oxygen atoms in total. The van der Waals surface area contributed by atoms with Gasteiger partial charge in [0.1, 0.15) is 12.1 Å². The number of aromatic nitrogens is 4. The Morgan fingerprint density at radius 1 is 0.852 bits per heavy atom. The van der Waals surface area contributed by atoms with E-state index in [4.69, 9.17) is 0 Å². The summed E-state index contributed by atoms with van der Waals surface area (Å²) < 4.78 is 1.84. The summed E-state index contributed by atoms with van der Waals surface area (Å²) in [5.41, 5.74) is 4.04. The summed E-state index contributed by atoms with van der Waals surface area (Å²) in [5, 5.41) is 8.86. The minimum absolute atomic E-state index is 0.765. The van der Waals surface area contributed by atoms with Crippen molar-refractivity contribution in [2.75, 3.05) is 23.3 Å². The SMILES string of the molecule is c1ccc(-n2ncc3c(Nc4cccc(N5CCCC5)c4)ncnc32)cc1. The summed E-state index contributed by atoms with van der Waals surface area (Å²) in [6.45, 7) is 2.26. The first kappa shape index (κ1) is 15.8. The lowest BCUT2D eigenvalue weighted by molar-refractivity contribution is 0.895. The Bertz CT molecular complexity index is 1070. The van der Waals surface area contributed by atoms with Gasteiger partial charge in [0.2, 0.25) is 0 Å². The fourth-order valence-corrected chi connectivity index (χ4v) is 3.59. The molecule has 1 aliphatic rings. The van der Waals surface area contributed by atoms with Crippen LogP contribution in [0.3, 0.4) is 0 Å². The fourth-order valence-electron chi connectivity index (χ4n) is 3.59. The molecule has 0 aliphatic carbocycles. The number of fused-ring (bicyclic) bond motifs is 1. The Labute approximate surface area is 157 Å². The second kappa shape index (κ2) is 6.72. The van der Waals surface area contributed by atoms with Crippen LogP contribution in [0.2, 0.25) is 0 Å². The van der Waals surface area contributed by atoms with Crippen molar-refractivity contribution in [3.63, 3.8) is 0 Å². The molecule has 0 bridgehead atoms. The Morgan fingerprint density at radius 2 is 1.67 bits per heavy atom. The minimum Gasteiger partial charge on any atom is -0.371 e. The Morgan fingerprint density at radius 3 is 2.52 bits per heavy atom. The Hall–Kier alpha value is -3.41. The molecule has 0 radical (unpaired) electrons. The van der Waals surface area contributed by atoms with Crippen LogP contribution in [0, 0.1) is 0 Å². The van der Waals surface area contributed by atoms with Crippen LogP contribution in [0.5, 0.6) is 0 Å². The molecular weight excluding hydrogens is 336 g/mol. The number of hydrogen-bond acceptors (Lipinski definition) is 5. The number of rotatable bonds is 4. The third-order valence-electron chi connectivity index (χ3n) is 4.95. The van der Waals surface area contributed by atoms with E-state index < -0.39 is 0 Å². The molecule has 1 saturated heterocycles. The summed E-state index contributed by atoms with van der Waals surface area (Å²) in [6, 6.07) is 18.5. The summed E-state index contributed by atoms with van der Waals surface area (Å²) in [5.74, 6) is 0.765. The van der Waals surface area contributed by atoms with Crippen molar-refractivity contribution in [3.8, 4) is 5.69 Å². The zero-order valence-corrected chi connectivity index (χ0v) is 14.9. The number of anilines is 3. The lowest BCUT2D eigenvalue weighted by atomic mass is 10.2. The molecule has 6 heteroatoms. The summed E-state index contributed by atoms with van der Waals surface area (Å²) >= 11 is 0. The molecule has 1 N–H and O–H groups in total. The van der Waals surface area contributed by atoms with Crippen LogP contribution in [0.1, 0.15) is 12.8 Å². The normalized spacial score (nSPS) is 14.0. The van der Waals surface area contributed by atoms with Crippen LogP contribution in [-0.4, -0.2) is 32.8 Å². The van der Waals surface area contributed by atoms with Crippen LogP contribution in [0.25, 0.3) is 16.7 Å². The molecule has 27 heavy (non-hydrogen) atoms. The lowest BCUT2D eigenvalue weighted by Gasteiger charge is -2.18. The molecule has 1 fully saturated rings. The highest BCUT2D eigenvalue weighted by molar-refractivity contribution is 5.89. The number of benzene rings is 2. The monoisotopic (exact) mass is 356 g/mol. The van der Waals surface area contributed by atoms with Crippen LogP contribution in [0.15, 0.2) is 67.1 Å². The topological polar surface area (TPSA) is 58.9 Å².